The lowest BCUT2D eigenvalue weighted by Crippen LogP contribution is -2.32. The third-order valence-electron chi connectivity index (χ3n) is 4.84. The molecule has 8 nitrogen and oxygen atoms in total. The van der Waals surface area contributed by atoms with Crippen LogP contribution in [0.3, 0.4) is 0 Å². The largest absolute Gasteiger partial charge is 0.497 e. The minimum atomic E-state index is -0.314. The third kappa shape index (κ3) is 5.04. The molecular formula is C24H21N5O3. The summed E-state index contributed by atoms with van der Waals surface area (Å²) in [6.45, 7) is 0.0959. The molecule has 0 aliphatic heterocycles. The molecule has 0 radical (unpaired) electrons. The second-order valence-electron chi connectivity index (χ2n) is 7.01. The number of carbonyl (C=O) groups excluding carboxylic acids is 1. The highest BCUT2D eigenvalue weighted by molar-refractivity contribution is 5.75. The summed E-state index contributed by atoms with van der Waals surface area (Å²) in [5.74, 6) is 0.407. The summed E-state index contributed by atoms with van der Waals surface area (Å²) < 4.78 is 6.40. The molecule has 0 bridgehead atoms. The summed E-state index contributed by atoms with van der Waals surface area (Å²) in [7, 11) is 1.59. The molecule has 0 aliphatic carbocycles. The minimum Gasteiger partial charge on any atom is -0.497 e. The Balaban J connectivity index is 1.38. The summed E-state index contributed by atoms with van der Waals surface area (Å²) in [6, 6.07) is 20.2. The molecule has 0 fully saturated rings. The lowest BCUT2D eigenvalue weighted by Gasteiger charge is -2.09. The van der Waals surface area contributed by atoms with Gasteiger partial charge in [-0.05, 0) is 30.3 Å². The fraction of sp³-hybridized carbons (Fsp3) is 0.125. The van der Waals surface area contributed by atoms with Gasteiger partial charge in [-0.15, -0.1) is 0 Å². The molecule has 2 heterocycles. The van der Waals surface area contributed by atoms with Crippen LogP contribution < -0.4 is 15.6 Å². The monoisotopic (exact) mass is 427 g/mol. The molecule has 2 aromatic carbocycles. The van der Waals surface area contributed by atoms with E-state index < -0.39 is 0 Å². The van der Waals surface area contributed by atoms with Crippen LogP contribution in [0, 0.1) is 0 Å². The fourth-order valence-corrected chi connectivity index (χ4v) is 3.13. The van der Waals surface area contributed by atoms with E-state index in [4.69, 9.17) is 4.74 Å². The molecule has 32 heavy (non-hydrogen) atoms. The molecule has 0 spiro atoms. The number of carbonyl (C=O) groups is 1. The van der Waals surface area contributed by atoms with Gasteiger partial charge in [0.05, 0.1) is 37.1 Å². The van der Waals surface area contributed by atoms with Gasteiger partial charge >= 0.3 is 0 Å². The van der Waals surface area contributed by atoms with Crippen molar-refractivity contribution in [2.45, 2.75) is 13.1 Å². The standard InChI is InChI=1S/C24H21N5O3/c1-32-20-9-7-18(8-10-20)22-12-24(31)29(16-28-22)14-23(30)25-13-19-11-21(27-15-26-19)17-5-3-2-4-6-17/h2-12,15-16H,13-14H2,1H3,(H,25,30). The number of rotatable bonds is 7. The molecule has 0 saturated carbocycles. The minimum absolute atomic E-state index is 0.134. The number of aromatic nitrogens is 4. The first-order chi connectivity index (χ1) is 15.6. The molecule has 0 atom stereocenters. The van der Waals surface area contributed by atoms with Crippen molar-refractivity contribution >= 4 is 5.91 Å². The zero-order chi connectivity index (χ0) is 22.3. The Morgan fingerprint density at radius 1 is 0.938 bits per heavy atom. The quantitative estimate of drug-likeness (QED) is 0.487. The maximum atomic E-state index is 12.4. The molecule has 0 aliphatic rings. The van der Waals surface area contributed by atoms with E-state index in [1.165, 1.54) is 23.3 Å². The van der Waals surface area contributed by atoms with Crippen LogP contribution >= 0.6 is 0 Å². The summed E-state index contributed by atoms with van der Waals surface area (Å²) >= 11 is 0. The Kier molecular flexibility index (Phi) is 6.31. The first-order valence-corrected chi connectivity index (χ1v) is 9.96. The van der Waals surface area contributed by atoms with Crippen molar-refractivity contribution in [3.63, 3.8) is 0 Å². The van der Waals surface area contributed by atoms with Gasteiger partial charge in [0.15, 0.2) is 0 Å². The van der Waals surface area contributed by atoms with Crippen molar-refractivity contribution in [3.8, 4) is 28.3 Å². The molecule has 1 amide bonds. The Morgan fingerprint density at radius 2 is 1.66 bits per heavy atom. The average Bonchev–Trinajstić information content (AvgIpc) is 2.85. The molecule has 4 rings (SSSR count). The van der Waals surface area contributed by atoms with Crippen LogP contribution in [0.5, 0.6) is 5.75 Å². The van der Waals surface area contributed by atoms with Gasteiger partial charge in [-0.1, -0.05) is 30.3 Å². The van der Waals surface area contributed by atoms with Crippen molar-refractivity contribution in [1.82, 2.24) is 24.8 Å². The third-order valence-corrected chi connectivity index (χ3v) is 4.84. The number of amides is 1. The number of hydrogen-bond acceptors (Lipinski definition) is 6. The van der Waals surface area contributed by atoms with Gasteiger partial charge in [0.25, 0.3) is 5.56 Å². The second kappa shape index (κ2) is 9.65. The van der Waals surface area contributed by atoms with Crippen LogP contribution in [0.25, 0.3) is 22.5 Å². The van der Waals surface area contributed by atoms with E-state index in [9.17, 15) is 9.59 Å². The zero-order valence-electron chi connectivity index (χ0n) is 17.4. The van der Waals surface area contributed by atoms with Crippen LogP contribution in [-0.2, 0) is 17.9 Å². The van der Waals surface area contributed by atoms with E-state index in [0.717, 1.165) is 22.6 Å². The summed E-state index contributed by atoms with van der Waals surface area (Å²) in [5, 5.41) is 2.78. The van der Waals surface area contributed by atoms with Gasteiger partial charge in [-0.3, -0.25) is 14.2 Å². The highest BCUT2D eigenvalue weighted by atomic mass is 16.5. The van der Waals surface area contributed by atoms with E-state index in [1.54, 1.807) is 19.2 Å². The van der Waals surface area contributed by atoms with E-state index in [-0.39, 0.29) is 24.6 Å². The number of hydrogen-bond donors (Lipinski definition) is 1. The average molecular weight is 427 g/mol. The predicted octanol–water partition coefficient (Wildman–Crippen LogP) is 2.69. The van der Waals surface area contributed by atoms with Crippen LogP contribution in [-0.4, -0.2) is 32.5 Å². The molecule has 8 heteroatoms. The Morgan fingerprint density at radius 3 is 2.38 bits per heavy atom. The molecular weight excluding hydrogens is 406 g/mol. The number of benzene rings is 2. The van der Waals surface area contributed by atoms with Crippen molar-refractivity contribution < 1.29 is 9.53 Å². The topological polar surface area (TPSA) is 99.0 Å². The van der Waals surface area contributed by atoms with E-state index in [2.05, 4.69) is 20.3 Å². The smallest absolute Gasteiger partial charge is 0.254 e. The first-order valence-electron chi connectivity index (χ1n) is 9.96. The normalized spacial score (nSPS) is 10.5. The second-order valence-corrected chi connectivity index (χ2v) is 7.01. The van der Waals surface area contributed by atoms with Crippen LogP contribution in [0.2, 0.25) is 0 Å². The first kappa shape index (κ1) is 20.9. The highest BCUT2D eigenvalue weighted by Crippen LogP contribution is 2.19. The predicted molar refractivity (Wildman–Crippen MR) is 120 cm³/mol. The summed E-state index contributed by atoms with van der Waals surface area (Å²) in [5.41, 5.74) is 3.43. The highest BCUT2D eigenvalue weighted by Gasteiger charge is 2.09. The van der Waals surface area contributed by atoms with Crippen LogP contribution in [0.4, 0.5) is 0 Å². The Hall–Kier alpha value is -4.33. The number of nitrogens with one attached hydrogen (secondary N) is 1. The SMILES string of the molecule is COc1ccc(-c2cc(=O)n(CC(=O)NCc3cc(-c4ccccc4)ncn3)cn2)cc1. The maximum Gasteiger partial charge on any atom is 0.254 e. The van der Waals surface area contributed by atoms with Gasteiger partial charge in [-0.2, -0.15) is 0 Å². The Bertz CT molecular complexity index is 1270. The van der Waals surface area contributed by atoms with Crippen LogP contribution in [0.1, 0.15) is 5.69 Å². The fourth-order valence-electron chi connectivity index (χ4n) is 3.13. The molecule has 160 valence electrons. The number of nitrogens with zero attached hydrogens (tertiary/aromatic N) is 4. The van der Waals surface area contributed by atoms with Crippen molar-refractivity contribution in [2.75, 3.05) is 7.11 Å². The molecule has 4 aromatic rings. The van der Waals surface area contributed by atoms with Crippen LogP contribution in [0.15, 0.2) is 84.2 Å². The van der Waals surface area contributed by atoms with E-state index in [0.29, 0.717) is 11.4 Å². The van der Waals surface area contributed by atoms with Gasteiger partial charge in [0.2, 0.25) is 5.91 Å². The van der Waals surface area contributed by atoms with Gasteiger partial charge < -0.3 is 10.1 Å². The van der Waals surface area contributed by atoms with E-state index in [1.807, 2.05) is 48.5 Å². The van der Waals surface area contributed by atoms with Gasteiger partial charge in [0.1, 0.15) is 18.6 Å². The Labute approximate surface area is 184 Å². The van der Waals surface area contributed by atoms with Gasteiger partial charge in [-0.25, -0.2) is 15.0 Å². The van der Waals surface area contributed by atoms with E-state index >= 15 is 0 Å². The maximum absolute atomic E-state index is 12.4. The lowest BCUT2D eigenvalue weighted by molar-refractivity contribution is -0.121. The molecule has 2 aromatic heterocycles. The number of ether oxygens (including phenoxy) is 1. The number of methoxy groups -OCH3 is 1. The summed E-state index contributed by atoms with van der Waals surface area (Å²) in [4.78, 5) is 37.6. The van der Waals surface area contributed by atoms with Crippen molar-refractivity contribution in [1.29, 1.82) is 0 Å². The molecule has 0 saturated heterocycles. The van der Waals surface area contributed by atoms with Crippen molar-refractivity contribution in [3.05, 3.63) is 95.4 Å². The lowest BCUT2D eigenvalue weighted by atomic mass is 10.1. The zero-order valence-corrected chi connectivity index (χ0v) is 17.4. The molecule has 0 unspecified atom stereocenters. The molecule has 1 N–H and O–H groups in total. The summed E-state index contributed by atoms with van der Waals surface area (Å²) in [6.07, 6.45) is 2.84. The van der Waals surface area contributed by atoms with Gasteiger partial charge in [0, 0.05) is 17.2 Å². The van der Waals surface area contributed by atoms with Crippen molar-refractivity contribution in [2.24, 2.45) is 0 Å².